The summed E-state index contributed by atoms with van der Waals surface area (Å²) >= 11 is 0. The molecule has 0 spiro atoms. The number of nitrogens with one attached hydrogen (secondary N) is 1. The summed E-state index contributed by atoms with van der Waals surface area (Å²) in [6, 6.07) is 17.1. The molecule has 4 rings (SSSR count). The summed E-state index contributed by atoms with van der Waals surface area (Å²) in [5.41, 5.74) is 3.67. The van der Waals surface area contributed by atoms with Gasteiger partial charge in [-0.1, -0.05) is 29.8 Å². The highest BCUT2D eigenvalue weighted by Gasteiger charge is 2.15. The van der Waals surface area contributed by atoms with E-state index in [1.54, 1.807) is 17.9 Å². The molecule has 0 saturated carbocycles. The first-order valence-electron chi connectivity index (χ1n) is 9.95. The van der Waals surface area contributed by atoms with Gasteiger partial charge < -0.3 is 14.8 Å². The van der Waals surface area contributed by atoms with Gasteiger partial charge in [0, 0.05) is 11.5 Å². The van der Waals surface area contributed by atoms with Crippen LogP contribution in [0.15, 0.2) is 54.6 Å². The lowest BCUT2D eigenvalue weighted by molar-refractivity contribution is -0.118. The lowest BCUT2D eigenvalue weighted by Gasteiger charge is -2.12. The van der Waals surface area contributed by atoms with Gasteiger partial charge in [-0.15, -0.1) is 0 Å². The highest BCUT2D eigenvalue weighted by molar-refractivity contribution is 5.92. The van der Waals surface area contributed by atoms with Crippen molar-refractivity contribution in [2.24, 2.45) is 0 Å². The first kappa shape index (κ1) is 20.4. The Hall–Kier alpha value is -3.87. The fraction of sp³-hybridized carbons (Fsp3) is 0.208. The molecule has 0 atom stereocenters. The van der Waals surface area contributed by atoms with Crippen LogP contribution in [0.2, 0.25) is 0 Å². The van der Waals surface area contributed by atoms with Crippen molar-refractivity contribution in [2.75, 3.05) is 19.0 Å². The highest BCUT2D eigenvalue weighted by atomic mass is 16.5. The van der Waals surface area contributed by atoms with Gasteiger partial charge in [-0.05, 0) is 50.6 Å². The number of anilines is 1. The monoisotopic (exact) mass is 416 g/mol. The van der Waals surface area contributed by atoms with Crippen molar-refractivity contribution >= 4 is 22.6 Å². The van der Waals surface area contributed by atoms with E-state index in [-0.39, 0.29) is 12.5 Å². The van der Waals surface area contributed by atoms with E-state index in [9.17, 15) is 4.79 Å². The molecule has 2 aromatic carbocycles. The van der Waals surface area contributed by atoms with Crippen LogP contribution in [0.5, 0.6) is 11.5 Å². The van der Waals surface area contributed by atoms with Crippen LogP contribution in [-0.4, -0.2) is 34.4 Å². The predicted octanol–water partition coefficient (Wildman–Crippen LogP) is 4.37. The lowest BCUT2D eigenvalue weighted by atomic mass is 10.1. The van der Waals surface area contributed by atoms with E-state index in [1.165, 1.54) is 0 Å². The third-order valence-electron chi connectivity index (χ3n) is 4.92. The Kier molecular flexibility index (Phi) is 5.58. The molecule has 31 heavy (non-hydrogen) atoms. The van der Waals surface area contributed by atoms with Crippen molar-refractivity contribution in [1.29, 1.82) is 0 Å². The molecule has 0 aliphatic rings. The van der Waals surface area contributed by atoms with Gasteiger partial charge in [-0.3, -0.25) is 4.79 Å². The zero-order valence-electron chi connectivity index (χ0n) is 18.0. The predicted molar refractivity (Wildman–Crippen MR) is 120 cm³/mol. The molecular formula is C24H24N4O3. The minimum Gasteiger partial charge on any atom is -0.494 e. The summed E-state index contributed by atoms with van der Waals surface area (Å²) in [6.07, 6.45) is 0. The van der Waals surface area contributed by atoms with Gasteiger partial charge in [-0.2, -0.15) is 9.78 Å². The largest absolute Gasteiger partial charge is 0.494 e. The maximum atomic E-state index is 12.5. The molecule has 1 amide bonds. The van der Waals surface area contributed by atoms with E-state index in [0.29, 0.717) is 23.1 Å². The Bertz CT molecular complexity index is 1250. The van der Waals surface area contributed by atoms with Crippen molar-refractivity contribution in [3.05, 3.63) is 71.4 Å². The van der Waals surface area contributed by atoms with Crippen molar-refractivity contribution in [2.45, 2.75) is 20.8 Å². The molecule has 7 nitrogen and oxygen atoms in total. The third-order valence-corrected chi connectivity index (χ3v) is 4.92. The maximum Gasteiger partial charge on any atom is 0.263 e. The molecule has 0 unspecified atom stereocenters. The van der Waals surface area contributed by atoms with Crippen LogP contribution >= 0.6 is 0 Å². The van der Waals surface area contributed by atoms with Gasteiger partial charge in [-0.25, -0.2) is 4.98 Å². The minimum absolute atomic E-state index is 0.106. The van der Waals surface area contributed by atoms with Crippen LogP contribution in [0.3, 0.4) is 0 Å². The molecule has 0 fully saturated rings. The second-order valence-electron chi connectivity index (χ2n) is 7.39. The molecule has 2 aromatic heterocycles. The van der Waals surface area contributed by atoms with E-state index in [0.717, 1.165) is 27.7 Å². The van der Waals surface area contributed by atoms with Gasteiger partial charge in [0.1, 0.15) is 22.8 Å². The number of aryl methyl sites for hydroxylation is 3. The second-order valence-corrected chi connectivity index (χ2v) is 7.39. The molecule has 0 saturated heterocycles. The van der Waals surface area contributed by atoms with Gasteiger partial charge in [0.15, 0.2) is 12.4 Å². The summed E-state index contributed by atoms with van der Waals surface area (Å²) in [7, 11) is 1.62. The number of carbonyl (C=O) groups excluding carboxylic acids is 1. The van der Waals surface area contributed by atoms with Crippen LogP contribution < -0.4 is 14.8 Å². The standard InChI is InChI=1S/C24H24N4O3/c1-15-8-10-18(11-9-15)31-14-23(29)25-22-13-17(3)27-28(22)21-12-16(2)19-6-5-7-20(30-4)24(19)26-21/h5-13H,14H2,1-4H3,(H,25,29). The average Bonchev–Trinajstić information content (AvgIpc) is 3.12. The summed E-state index contributed by atoms with van der Waals surface area (Å²) in [5, 5.41) is 8.40. The molecular weight excluding hydrogens is 392 g/mol. The van der Waals surface area contributed by atoms with Gasteiger partial charge >= 0.3 is 0 Å². The van der Waals surface area contributed by atoms with Gasteiger partial charge in [0.2, 0.25) is 0 Å². The van der Waals surface area contributed by atoms with E-state index < -0.39 is 0 Å². The molecule has 158 valence electrons. The Morgan fingerprint density at radius 2 is 1.84 bits per heavy atom. The third kappa shape index (κ3) is 4.35. The number of amides is 1. The van der Waals surface area contributed by atoms with Crippen LogP contribution in [0.1, 0.15) is 16.8 Å². The maximum absolute atomic E-state index is 12.5. The molecule has 0 radical (unpaired) electrons. The van der Waals surface area contributed by atoms with E-state index >= 15 is 0 Å². The lowest BCUT2D eigenvalue weighted by Crippen LogP contribution is -2.22. The number of nitrogens with zero attached hydrogens (tertiary/aromatic N) is 3. The number of pyridine rings is 1. The van der Waals surface area contributed by atoms with Crippen molar-refractivity contribution < 1.29 is 14.3 Å². The highest BCUT2D eigenvalue weighted by Crippen LogP contribution is 2.28. The van der Waals surface area contributed by atoms with Crippen LogP contribution in [0.4, 0.5) is 5.82 Å². The zero-order chi connectivity index (χ0) is 22.0. The molecule has 1 N–H and O–H groups in total. The smallest absolute Gasteiger partial charge is 0.263 e. The summed E-state index contributed by atoms with van der Waals surface area (Å²) in [4.78, 5) is 17.3. The van der Waals surface area contributed by atoms with Crippen molar-refractivity contribution in [3.8, 4) is 17.3 Å². The van der Waals surface area contributed by atoms with Crippen LogP contribution in [0.25, 0.3) is 16.7 Å². The quantitative estimate of drug-likeness (QED) is 0.505. The summed E-state index contributed by atoms with van der Waals surface area (Å²) in [6.45, 7) is 5.77. The van der Waals surface area contributed by atoms with Crippen molar-refractivity contribution in [1.82, 2.24) is 14.8 Å². The molecule has 0 aliphatic heterocycles. The Balaban J connectivity index is 1.60. The Morgan fingerprint density at radius 3 is 2.58 bits per heavy atom. The number of fused-ring (bicyclic) bond motifs is 1. The van der Waals surface area contributed by atoms with E-state index in [2.05, 4.69) is 10.4 Å². The number of hydrogen-bond donors (Lipinski definition) is 1. The minimum atomic E-state index is -0.281. The SMILES string of the molecule is COc1cccc2c(C)cc(-n3nc(C)cc3NC(=O)COc3ccc(C)cc3)nc12. The zero-order valence-corrected chi connectivity index (χ0v) is 18.0. The van der Waals surface area contributed by atoms with Crippen molar-refractivity contribution in [3.63, 3.8) is 0 Å². The van der Waals surface area contributed by atoms with E-state index in [4.69, 9.17) is 14.5 Å². The fourth-order valence-corrected chi connectivity index (χ4v) is 3.37. The molecule has 7 heteroatoms. The second kappa shape index (κ2) is 8.47. The summed E-state index contributed by atoms with van der Waals surface area (Å²) < 4.78 is 12.7. The number of rotatable bonds is 6. The fourth-order valence-electron chi connectivity index (χ4n) is 3.37. The first-order chi connectivity index (χ1) is 14.9. The van der Waals surface area contributed by atoms with Crippen LogP contribution in [0, 0.1) is 20.8 Å². The normalized spacial score (nSPS) is 10.8. The molecule has 4 aromatic rings. The van der Waals surface area contributed by atoms with Gasteiger partial charge in [0.25, 0.3) is 5.91 Å². The number of para-hydroxylation sites is 1. The topological polar surface area (TPSA) is 78.3 Å². The molecule has 2 heterocycles. The van der Waals surface area contributed by atoms with Gasteiger partial charge in [0.05, 0.1) is 12.8 Å². The number of aromatic nitrogens is 3. The number of methoxy groups -OCH3 is 1. The number of hydrogen-bond acceptors (Lipinski definition) is 5. The number of benzene rings is 2. The number of carbonyl (C=O) groups is 1. The Labute approximate surface area is 180 Å². The first-order valence-corrected chi connectivity index (χ1v) is 9.95. The number of ether oxygens (including phenoxy) is 2. The average molecular weight is 416 g/mol. The Morgan fingerprint density at radius 1 is 1.06 bits per heavy atom. The van der Waals surface area contributed by atoms with E-state index in [1.807, 2.05) is 69.3 Å². The molecule has 0 aliphatic carbocycles. The summed E-state index contributed by atoms with van der Waals surface area (Å²) in [5.74, 6) is 2.16. The molecule has 0 bridgehead atoms. The van der Waals surface area contributed by atoms with Crippen LogP contribution in [-0.2, 0) is 4.79 Å².